The Kier molecular flexibility index (Phi) is 7.95. The first-order valence-corrected chi connectivity index (χ1v) is 12.6. The van der Waals surface area contributed by atoms with Crippen LogP contribution < -0.4 is 20.7 Å². The molecule has 1 aliphatic carbocycles. The maximum absolute atomic E-state index is 13.3. The number of H-pyrrole nitrogens is 1. The molecule has 3 aromatic rings. The van der Waals surface area contributed by atoms with Gasteiger partial charge in [-0.1, -0.05) is 51.3 Å². The van der Waals surface area contributed by atoms with Gasteiger partial charge in [-0.2, -0.15) is 0 Å². The number of ether oxygens (including phenoxy) is 1. The van der Waals surface area contributed by atoms with Crippen molar-refractivity contribution in [3.63, 3.8) is 0 Å². The lowest BCUT2D eigenvalue weighted by Crippen LogP contribution is -2.60. The number of hydrogen-bond donors (Lipinski definition) is 4. The van der Waals surface area contributed by atoms with Gasteiger partial charge in [0.1, 0.15) is 17.0 Å². The van der Waals surface area contributed by atoms with Crippen LogP contribution in [0.4, 0.5) is 5.69 Å². The van der Waals surface area contributed by atoms with Crippen molar-refractivity contribution in [3.8, 4) is 5.75 Å². The number of anilines is 1. The summed E-state index contributed by atoms with van der Waals surface area (Å²) in [5.74, 6) is 0.982. The van der Waals surface area contributed by atoms with E-state index in [0.29, 0.717) is 44.1 Å². The zero-order valence-electron chi connectivity index (χ0n) is 20.7. The Bertz CT molecular complexity index is 1100. The highest BCUT2D eigenvalue weighted by Gasteiger charge is 2.41. The number of rotatable bonds is 10. The molecule has 186 valence electrons. The van der Waals surface area contributed by atoms with E-state index in [-0.39, 0.29) is 11.8 Å². The predicted molar refractivity (Wildman–Crippen MR) is 140 cm³/mol. The average Bonchev–Trinajstić information content (AvgIpc) is 3.31. The molecule has 0 aliphatic heterocycles. The summed E-state index contributed by atoms with van der Waals surface area (Å²) in [7, 11) is 0. The van der Waals surface area contributed by atoms with Gasteiger partial charge in [0.15, 0.2) is 0 Å². The predicted octanol–water partition coefficient (Wildman–Crippen LogP) is 4.86. The molecule has 0 spiro atoms. The first-order valence-electron chi connectivity index (χ1n) is 12.6. The van der Waals surface area contributed by atoms with Crippen LogP contribution in [0.3, 0.4) is 0 Å². The maximum Gasteiger partial charge on any atom is 0.268 e. The molecule has 2 amide bonds. The fourth-order valence-electron chi connectivity index (χ4n) is 4.53. The summed E-state index contributed by atoms with van der Waals surface area (Å²) in [6, 6.07) is 17.4. The van der Waals surface area contributed by atoms with Crippen molar-refractivity contribution >= 4 is 28.4 Å². The summed E-state index contributed by atoms with van der Waals surface area (Å²) in [6.07, 6.45) is 4.22. The summed E-state index contributed by atoms with van der Waals surface area (Å²) < 4.78 is 5.72. The topological polar surface area (TPSA) is 95.2 Å². The molecule has 0 bridgehead atoms. The Morgan fingerprint density at radius 2 is 1.74 bits per heavy atom. The lowest BCUT2D eigenvalue weighted by molar-refractivity contribution is -0.128. The van der Waals surface area contributed by atoms with Crippen LogP contribution in [0.2, 0.25) is 0 Å². The van der Waals surface area contributed by atoms with Crippen LogP contribution in [0.15, 0.2) is 54.6 Å². The van der Waals surface area contributed by atoms with E-state index in [1.807, 2.05) is 54.6 Å². The Hall–Kier alpha value is -3.48. The molecule has 7 heteroatoms. The van der Waals surface area contributed by atoms with Gasteiger partial charge >= 0.3 is 0 Å². The largest absolute Gasteiger partial charge is 0.493 e. The third-order valence-electron chi connectivity index (χ3n) is 6.45. The second-order valence-electron chi connectivity index (χ2n) is 9.78. The number of amides is 2. The lowest BCUT2D eigenvalue weighted by atomic mass is 9.80. The van der Waals surface area contributed by atoms with Crippen LogP contribution in [0.25, 0.3) is 10.9 Å². The second-order valence-corrected chi connectivity index (χ2v) is 9.78. The summed E-state index contributed by atoms with van der Waals surface area (Å²) in [4.78, 5) is 29.5. The highest BCUT2D eigenvalue weighted by Crippen LogP contribution is 2.29. The first-order chi connectivity index (χ1) is 16.9. The minimum Gasteiger partial charge on any atom is -0.493 e. The van der Waals surface area contributed by atoms with Gasteiger partial charge in [-0.3, -0.25) is 9.59 Å². The molecule has 35 heavy (non-hydrogen) atoms. The van der Waals surface area contributed by atoms with Gasteiger partial charge in [-0.15, -0.1) is 0 Å². The molecule has 0 unspecified atom stereocenters. The second kappa shape index (κ2) is 11.3. The highest BCUT2D eigenvalue weighted by molar-refractivity contribution is 6.01. The zero-order chi connectivity index (χ0) is 24.7. The first kappa shape index (κ1) is 24.6. The normalized spacial score (nSPS) is 15.1. The van der Waals surface area contributed by atoms with Crippen LogP contribution in [-0.2, 0) is 4.79 Å². The van der Waals surface area contributed by atoms with Crippen LogP contribution in [0.1, 0.15) is 56.4 Å². The van der Waals surface area contributed by atoms with Crippen molar-refractivity contribution in [2.75, 3.05) is 25.0 Å². The standard InChI is InChI=1S/C28H36N4O3/c1-20(2)19-35-23-12-10-22(11-13-23)29-16-17-30-27(34)28(14-6-3-7-15-28)32-26(33)25-18-21-8-4-5-9-24(21)31-25/h4-5,8-13,18,20,29,31H,3,6-7,14-17,19H2,1-2H3,(H,30,34)(H,32,33). The number of hydrogen-bond acceptors (Lipinski definition) is 4. The van der Waals surface area contributed by atoms with Gasteiger partial charge in [-0.25, -0.2) is 0 Å². The van der Waals surface area contributed by atoms with Crippen molar-refractivity contribution < 1.29 is 14.3 Å². The summed E-state index contributed by atoms with van der Waals surface area (Å²) in [5.41, 5.74) is 1.48. The van der Waals surface area contributed by atoms with Crippen LogP contribution in [0, 0.1) is 5.92 Å². The summed E-state index contributed by atoms with van der Waals surface area (Å²) in [5, 5.41) is 10.4. The maximum atomic E-state index is 13.3. The number of benzene rings is 2. The molecule has 7 nitrogen and oxygen atoms in total. The molecule has 1 heterocycles. The highest BCUT2D eigenvalue weighted by atomic mass is 16.5. The lowest BCUT2D eigenvalue weighted by Gasteiger charge is -2.36. The fraction of sp³-hybridized carbons (Fsp3) is 0.429. The van der Waals surface area contributed by atoms with Gasteiger partial charge in [0.05, 0.1) is 6.61 Å². The summed E-state index contributed by atoms with van der Waals surface area (Å²) >= 11 is 0. The Morgan fingerprint density at radius 1 is 1.00 bits per heavy atom. The summed E-state index contributed by atoms with van der Waals surface area (Å²) in [6.45, 7) is 5.99. The molecule has 1 fully saturated rings. The number of aromatic amines is 1. The van der Waals surface area contributed by atoms with Crippen molar-refractivity contribution in [2.45, 2.75) is 51.5 Å². The molecular weight excluding hydrogens is 440 g/mol. The molecule has 4 N–H and O–H groups in total. The zero-order valence-corrected chi connectivity index (χ0v) is 20.7. The number of carbonyl (C=O) groups excluding carboxylic acids is 2. The SMILES string of the molecule is CC(C)COc1ccc(NCCNC(=O)C2(NC(=O)c3cc4ccccc4[nH]3)CCCCC2)cc1. The third kappa shape index (κ3) is 6.35. The molecule has 0 atom stereocenters. The minimum atomic E-state index is -0.873. The van der Waals surface area contributed by atoms with E-state index in [2.05, 4.69) is 34.8 Å². The number of fused-ring (bicyclic) bond motifs is 1. The smallest absolute Gasteiger partial charge is 0.268 e. The minimum absolute atomic E-state index is 0.110. The van der Waals surface area contributed by atoms with Gasteiger partial charge in [-0.05, 0) is 55.2 Å². The van der Waals surface area contributed by atoms with Gasteiger partial charge in [0.25, 0.3) is 5.91 Å². The Labute approximate surface area is 207 Å². The number of nitrogens with one attached hydrogen (secondary N) is 4. The molecule has 1 aromatic heterocycles. The molecular formula is C28H36N4O3. The molecule has 2 aromatic carbocycles. The quantitative estimate of drug-likeness (QED) is 0.314. The van der Waals surface area contributed by atoms with Gasteiger partial charge in [0, 0.05) is 29.7 Å². The number of para-hydroxylation sites is 1. The van der Waals surface area contributed by atoms with E-state index in [1.165, 1.54) is 0 Å². The molecule has 0 radical (unpaired) electrons. The van der Waals surface area contributed by atoms with E-state index in [0.717, 1.165) is 41.6 Å². The van der Waals surface area contributed by atoms with Gasteiger partial charge in [0.2, 0.25) is 5.91 Å². The van der Waals surface area contributed by atoms with E-state index in [1.54, 1.807) is 0 Å². The van der Waals surface area contributed by atoms with E-state index < -0.39 is 5.54 Å². The third-order valence-corrected chi connectivity index (χ3v) is 6.45. The van der Waals surface area contributed by atoms with Crippen molar-refractivity contribution in [3.05, 3.63) is 60.3 Å². The van der Waals surface area contributed by atoms with Crippen LogP contribution in [-0.4, -0.2) is 42.0 Å². The number of carbonyl (C=O) groups is 2. The molecule has 4 rings (SSSR count). The van der Waals surface area contributed by atoms with E-state index in [4.69, 9.17) is 4.74 Å². The molecule has 1 aliphatic rings. The van der Waals surface area contributed by atoms with Crippen molar-refractivity contribution in [1.82, 2.24) is 15.6 Å². The Morgan fingerprint density at radius 3 is 2.46 bits per heavy atom. The molecule has 1 saturated carbocycles. The Balaban J connectivity index is 1.31. The van der Waals surface area contributed by atoms with Crippen molar-refractivity contribution in [2.24, 2.45) is 5.92 Å². The van der Waals surface area contributed by atoms with E-state index >= 15 is 0 Å². The van der Waals surface area contributed by atoms with E-state index in [9.17, 15) is 9.59 Å². The number of aromatic nitrogens is 1. The monoisotopic (exact) mass is 476 g/mol. The van der Waals surface area contributed by atoms with Gasteiger partial charge < -0.3 is 25.7 Å². The van der Waals surface area contributed by atoms with Crippen LogP contribution in [0.5, 0.6) is 5.75 Å². The average molecular weight is 477 g/mol. The van der Waals surface area contributed by atoms with Crippen LogP contribution >= 0.6 is 0 Å². The molecule has 0 saturated heterocycles. The van der Waals surface area contributed by atoms with Crippen molar-refractivity contribution in [1.29, 1.82) is 0 Å². The fourth-order valence-corrected chi connectivity index (χ4v) is 4.53.